The smallest absolute Gasteiger partial charge is 0.441 e. The number of nitrogens with zero attached hydrogens (tertiary/aromatic N) is 1. The number of methoxy groups -OCH3 is 1. The fourth-order valence-corrected chi connectivity index (χ4v) is 1.97. The fraction of sp³-hybridized carbons (Fsp3) is 0.533. The second-order valence-electron chi connectivity index (χ2n) is 5.68. The first-order valence-corrected chi connectivity index (χ1v) is 7.19. The van der Waals surface area contributed by atoms with Gasteiger partial charge in [0.1, 0.15) is 5.82 Å². The van der Waals surface area contributed by atoms with Crippen molar-refractivity contribution < 1.29 is 27.5 Å². The van der Waals surface area contributed by atoms with Gasteiger partial charge in [0, 0.05) is 12.6 Å². The van der Waals surface area contributed by atoms with E-state index in [1.807, 2.05) is 5.32 Å². The van der Waals surface area contributed by atoms with E-state index < -0.39 is 23.7 Å². The molecule has 0 aliphatic carbocycles. The van der Waals surface area contributed by atoms with Gasteiger partial charge in [0.25, 0.3) is 0 Å². The first kappa shape index (κ1) is 19.7. The van der Waals surface area contributed by atoms with Crippen LogP contribution in [0.25, 0.3) is 0 Å². The Hall–Kier alpha value is -2.32. The molecule has 6 nitrogen and oxygen atoms in total. The summed E-state index contributed by atoms with van der Waals surface area (Å²) in [6.45, 7) is 4.86. The van der Waals surface area contributed by atoms with Gasteiger partial charge in [-0.25, -0.2) is 9.78 Å². The molecule has 0 saturated carbocycles. The number of aromatic nitrogens is 1. The molecule has 0 spiro atoms. The third kappa shape index (κ3) is 4.36. The lowest BCUT2D eigenvalue weighted by molar-refractivity contribution is -0.206. The number of carbonyl (C=O) groups excluding carboxylic acids is 2. The molecule has 0 saturated heterocycles. The number of carbonyl (C=O) groups is 2. The van der Waals surface area contributed by atoms with Crippen molar-refractivity contribution in [1.82, 2.24) is 10.3 Å². The predicted octanol–water partition coefficient (Wildman–Crippen LogP) is 2.40. The summed E-state index contributed by atoms with van der Waals surface area (Å²) < 4.78 is 45.5. The Balaban J connectivity index is 3.34. The molecule has 0 aliphatic heterocycles. The van der Waals surface area contributed by atoms with E-state index in [2.05, 4.69) is 9.72 Å². The lowest BCUT2D eigenvalue weighted by Gasteiger charge is -2.35. The van der Waals surface area contributed by atoms with Crippen LogP contribution in [0.2, 0.25) is 0 Å². The Morgan fingerprint density at radius 1 is 1.33 bits per heavy atom. The highest BCUT2D eigenvalue weighted by atomic mass is 19.4. The molecule has 1 heterocycles. The van der Waals surface area contributed by atoms with E-state index in [0.29, 0.717) is 5.56 Å². The summed E-state index contributed by atoms with van der Waals surface area (Å²) >= 11 is 0. The quantitative estimate of drug-likeness (QED) is 0.610. The fourth-order valence-electron chi connectivity index (χ4n) is 1.97. The van der Waals surface area contributed by atoms with Gasteiger partial charge < -0.3 is 15.4 Å². The van der Waals surface area contributed by atoms with Crippen molar-refractivity contribution in [1.29, 1.82) is 0 Å². The van der Waals surface area contributed by atoms with Crippen molar-refractivity contribution in [3.63, 3.8) is 0 Å². The van der Waals surface area contributed by atoms with Crippen LogP contribution in [0.5, 0.6) is 0 Å². The van der Waals surface area contributed by atoms with E-state index in [4.69, 9.17) is 0 Å². The van der Waals surface area contributed by atoms with Crippen LogP contribution in [0, 0.1) is 12.8 Å². The van der Waals surface area contributed by atoms with Gasteiger partial charge in [-0.3, -0.25) is 4.79 Å². The third-order valence-electron chi connectivity index (χ3n) is 3.15. The number of aryl methyl sites for hydroxylation is 1. The maximum absolute atomic E-state index is 13.7. The van der Waals surface area contributed by atoms with Crippen LogP contribution >= 0.6 is 0 Å². The minimum absolute atomic E-state index is 0.183. The van der Waals surface area contributed by atoms with Gasteiger partial charge in [-0.1, -0.05) is 19.9 Å². The second kappa shape index (κ2) is 7.50. The Morgan fingerprint density at radius 2 is 1.96 bits per heavy atom. The highest BCUT2D eigenvalue weighted by molar-refractivity contribution is 5.91. The average molecular weight is 347 g/mol. The van der Waals surface area contributed by atoms with Crippen molar-refractivity contribution in [3.8, 4) is 0 Å². The Bertz CT molecular complexity index is 605. The molecule has 1 aromatic heterocycles. The van der Waals surface area contributed by atoms with Crippen LogP contribution in [-0.4, -0.2) is 35.8 Å². The summed E-state index contributed by atoms with van der Waals surface area (Å²) in [5, 5.41) is 3.75. The summed E-state index contributed by atoms with van der Waals surface area (Å²) in [5.41, 5.74) is -3.06. The molecular weight excluding hydrogens is 327 g/mol. The largest absolute Gasteiger partial charge is 0.466 e. The zero-order valence-corrected chi connectivity index (χ0v) is 13.8. The summed E-state index contributed by atoms with van der Waals surface area (Å²) in [4.78, 5) is 27.7. The summed E-state index contributed by atoms with van der Waals surface area (Å²) in [5.74, 6) is -3.00. The molecule has 1 unspecified atom stereocenters. The van der Waals surface area contributed by atoms with E-state index in [-0.39, 0.29) is 18.2 Å². The minimum Gasteiger partial charge on any atom is -0.466 e. The highest BCUT2D eigenvalue weighted by Crippen LogP contribution is 2.33. The number of ether oxygens (including phenoxy) is 1. The van der Waals surface area contributed by atoms with E-state index in [1.165, 1.54) is 25.3 Å². The standard InChI is InChI=1S/C15H20F3N3O3/c1-9(2)8-11(22)20-14(13(23)24-4,15(16,17)18)21-12-10(3)6-5-7-19-12/h5-7,9H,8H2,1-4H3,(H,19,21)(H,20,22). The van der Waals surface area contributed by atoms with Gasteiger partial charge >= 0.3 is 17.8 Å². The molecular formula is C15H20F3N3O3. The summed E-state index contributed by atoms with van der Waals surface area (Å²) in [7, 11) is 0.810. The van der Waals surface area contributed by atoms with Crippen LogP contribution in [0.15, 0.2) is 18.3 Å². The maximum atomic E-state index is 13.7. The number of rotatable bonds is 6. The molecule has 1 amide bonds. The molecule has 0 aliphatic rings. The molecule has 134 valence electrons. The number of alkyl halides is 3. The number of anilines is 1. The molecule has 1 rings (SSSR count). The monoisotopic (exact) mass is 347 g/mol. The maximum Gasteiger partial charge on any atom is 0.441 e. The van der Waals surface area contributed by atoms with Crippen LogP contribution in [-0.2, 0) is 14.3 Å². The zero-order chi connectivity index (χ0) is 18.5. The molecule has 2 N–H and O–H groups in total. The zero-order valence-electron chi connectivity index (χ0n) is 13.8. The van der Waals surface area contributed by atoms with Crippen LogP contribution in [0.1, 0.15) is 25.8 Å². The lowest BCUT2D eigenvalue weighted by Crippen LogP contribution is -2.69. The molecule has 24 heavy (non-hydrogen) atoms. The SMILES string of the molecule is COC(=O)C(NC(=O)CC(C)C)(Nc1ncccc1C)C(F)(F)F. The topological polar surface area (TPSA) is 80.3 Å². The van der Waals surface area contributed by atoms with Crippen LogP contribution in [0.4, 0.5) is 19.0 Å². The molecule has 1 aromatic rings. The van der Waals surface area contributed by atoms with Crippen molar-refractivity contribution in [2.75, 3.05) is 12.4 Å². The Kier molecular flexibility index (Phi) is 6.16. The third-order valence-corrected chi connectivity index (χ3v) is 3.15. The van der Waals surface area contributed by atoms with Crippen LogP contribution < -0.4 is 10.6 Å². The van der Waals surface area contributed by atoms with Gasteiger partial charge in [0.15, 0.2) is 0 Å². The van der Waals surface area contributed by atoms with Crippen molar-refractivity contribution in [2.45, 2.75) is 39.0 Å². The van der Waals surface area contributed by atoms with Gasteiger partial charge in [-0.15, -0.1) is 0 Å². The lowest BCUT2D eigenvalue weighted by atomic mass is 10.1. The highest BCUT2D eigenvalue weighted by Gasteiger charge is 2.63. The molecule has 1 atom stereocenters. The molecule has 0 aromatic carbocycles. The molecule has 9 heteroatoms. The minimum atomic E-state index is -5.16. The van der Waals surface area contributed by atoms with Crippen molar-refractivity contribution in [3.05, 3.63) is 23.9 Å². The van der Waals surface area contributed by atoms with Crippen molar-refractivity contribution in [2.24, 2.45) is 5.92 Å². The number of hydrogen-bond acceptors (Lipinski definition) is 5. The first-order valence-electron chi connectivity index (χ1n) is 7.19. The van der Waals surface area contributed by atoms with Gasteiger partial charge in [-0.05, 0) is 24.5 Å². The first-order chi connectivity index (χ1) is 11.0. The molecule has 0 bridgehead atoms. The van der Waals surface area contributed by atoms with Gasteiger partial charge in [0.2, 0.25) is 5.91 Å². The van der Waals surface area contributed by atoms with E-state index in [9.17, 15) is 22.8 Å². The second-order valence-corrected chi connectivity index (χ2v) is 5.68. The van der Waals surface area contributed by atoms with E-state index in [1.54, 1.807) is 19.2 Å². The number of hydrogen-bond donors (Lipinski definition) is 2. The average Bonchev–Trinajstić information content (AvgIpc) is 2.45. The van der Waals surface area contributed by atoms with Gasteiger partial charge in [-0.2, -0.15) is 13.2 Å². The number of halogens is 3. The number of nitrogens with one attached hydrogen (secondary N) is 2. The molecule has 0 radical (unpaired) electrons. The number of amides is 1. The molecule has 0 fully saturated rings. The summed E-state index contributed by atoms with van der Waals surface area (Å²) in [6, 6.07) is 3.05. The van der Waals surface area contributed by atoms with E-state index >= 15 is 0 Å². The Morgan fingerprint density at radius 3 is 2.42 bits per heavy atom. The van der Waals surface area contributed by atoms with Crippen LogP contribution in [0.3, 0.4) is 0 Å². The Labute approximate surface area is 137 Å². The normalized spacial score (nSPS) is 14.0. The van der Waals surface area contributed by atoms with Crippen molar-refractivity contribution >= 4 is 17.7 Å². The number of esters is 1. The predicted molar refractivity (Wildman–Crippen MR) is 81.0 cm³/mol. The van der Waals surface area contributed by atoms with Gasteiger partial charge in [0.05, 0.1) is 7.11 Å². The van der Waals surface area contributed by atoms with E-state index in [0.717, 1.165) is 7.11 Å². The number of pyridine rings is 1. The summed E-state index contributed by atoms with van der Waals surface area (Å²) in [6.07, 6.45) is -4.07.